The van der Waals surface area contributed by atoms with Gasteiger partial charge in [0.25, 0.3) is 0 Å². The summed E-state index contributed by atoms with van der Waals surface area (Å²) < 4.78 is 5.13. The zero-order valence-corrected chi connectivity index (χ0v) is 15.3. The van der Waals surface area contributed by atoms with Gasteiger partial charge in [0.2, 0.25) is 0 Å². The molecule has 0 spiro atoms. The number of ether oxygens (including phenoxy) is 1. The number of carboxylic acids is 1. The maximum absolute atomic E-state index is 12.4. The van der Waals surface area contributed by atoms with Crippen LogP contribution in [0.1, 0.15) is 59.1 Å². The smallest absolute Gasteiger partial charge is 0.340 e. The third-order valence-corrected chi connectivity index (χ3v) is 4.46. The first-order valence-corrected chi connectivity index (χ1v) is 8.62. The van der Waals surface area contributed by atoms with Gasteiger partial charge in [-0.15, -0.1) is 0 Å². The molecular formula is C19H22ClNO4. The van der Waals surface area contributed by atoms with Gasteiger partial charge >= 0.3 is 11.9 Å². The van der Waals surface area contributed by atoms with E-state index in [0.29, 0.717) is 29.1 Å². The van der Waals surface area contributed by atoms with Crippen LogP contribution in [0, 0.1) is 6.92 Å². The second-order valence-corrected chi connectivity index (χ2v) is 6.28. The summed E-state index contributed by atoms with van der Waals surface area (Å²) in [5.41, 5.74) is 3.29. The number of nitrogens with one attached hydrogen (secondary N) is 1. The number of hydrogen-bond donors (Lipinski definition) is 2. The van der Waals surface area contributed by atoms with Crippen LogP contribution in [0.5, 0.6) is 0 Å². The van der Waals surface area contributed by atoms with Crippen LogP contribution >= 0.6 is 11.6 Å². The monoisotopic (exact) mass is 363 g/mol. The number of H-pyrrole nitrogens is 1. The predicted octanol–water partition coefficient (Wildman–Crippen LogP) is 4.32. The van der Waals surface area contributed by atoms with Crippen molar-refractivity contribution in [2.75, 3.05) is 6.61 Å². The van der Waals surface area contributed by atoms with Gasteiger partial charge in [0, 0.05) is 22.8 Å². The molecule has 2 rings (SSSR count). The van der Waals surface area contributed by atoms with Crippen molar-refractivity contribution in [3.8, 4) is 0 Å². The molecule has 1 heterocycles. The van der Waals surface area contributed by atoms with Gasteiger partial charge in [-0.3, -0.25) is 4.79 Å². The normalized spacial score (nSPS) is 12.0. The Bertz CT molecular complexity index is 764. The molecule has 6 heteroatoms. The molecule has 1 aromatic carbocycles. The molecule has 1 atom stereocenters. The van der Waals surface area contributed by atoms with Crippen molar-refractivity contribution in [3.63, 3.8) is 0 Å². The Morgan fingerprint density at radius 2 is 1.88 bits per heavy atom. The summed E-state index contributed by atoms with van der Waals surface area (Å²) in [6, 6.07) is 7.41. The Labute approximate surface area is 152 Å². The number of aromatic amines is 1. The lowest BCUT2D eigenvalue weighted by atomic mass is 9.97. The molecule has 0 radical (unpaired) electrons. The molecule has 0 bridgehead atoms. The third-order valence-electron chi connectivity index (χ3n) is 4.21. The maximum atomic E-state index is 12.4. The fourth-order valence-electron chi connectivity index (χ4n) is 2.88. The Morgan fingerprint density at radius 3 is 2.40 bits per heavy atom. The first kappa shape index (κ1) is 19.1. The molecule has 1 unspecified atom stereocenters. The average molecular weight is 364 g/mol. The summed E-state index contributed by atoms with van der Waals surface area (Å²) in [6.07, 6.45) is 0.924. The van der Waals surface area contributed by atoms with E-state index in [9.17, 15) is 14.7 Å². The van der Waals surface area contributed by atoms with Gasteiger partial charge in [0.15, 0.2) is 0 Å². The number of halogens is 1. The van der Waals surface area contributed by atoms with Gasteiger partial charge in [-0.05, 0) is 43.5 Å². The molecule has 0 amide bonds. The van der Waals surface area contributed by atoms with Crippen molar-refractivity contribution in [2.24, 2.45) is 0 Å². The molecule has 1 aromatic heterocycles. The van der Waals surface area contributed by atoms with E-state index in [1.807, 2.05) is 19.1 Å². The van der Waals surface area contributed by atoms with E-state index < -0.39 is 17.9 Å². The molecule has 5 nitrogen and oxygen atoms in total. The fourth-order valence-corrected chi connectivity index (χ4v) is 3.01. The van der Waals surface area contributed by atoms with Gasteiger partial charge in [-0.25, -0.2) is 4.79 Å². The lowest BCUT2D eigenvalue weighted by Crippen LogP contribution is -2.16. The van der Waals surface area contributed by atoms with E-state index in [0.717, 1.165) is 16.8 Å². The van der Waals surface area contributed by atoms with Crippen LogP contribution in [-0.4, -0.2) is 28.6 Å². The summed E-state index contributed by atoms with van der Waals surface area (Å²) in [4.78, 5) is 27.2. The van der Waals surface area contributed by atoms with E-state index in [1.54, 1.807) is 26.0 Å². The van der Waals surface area contributed by atoms with E-state index in [-0.39, 0.29) is 6.61 Å². The molecule has 134 valence electrons. The Morgan fingerprint density at radius 1 is 1.24 bits per heavy atom. The van der Waals surface area contributed by atoms with Crippen LogP contribution in [-0.2, 0) is 16.0 Å². The van der Waals surface area contributed by atoms with Crippen molar-refractivity contribution < 1.29 is 19.4 Å². The summed E-state index contributed by atoms with van der Waals surface area (Å²) in [7, 11) is 0. The Hall–Kier alpha value is -2.27. The second-order valence-electron chi connectivity index (χ2n) is 5.84. The van der Waals surface area contributed by atoms with Crippen molar-refractivity contribution in [1.29, 1.82) is 0 Å². The Kier molecular flexibility index (Phi) is 6.26. The Balaban J connectivity index is 2.49. The zero-order chi connectivity index (χ0) is 18.6. The first-order chi connectivity index (χ1) is 11.9. The standard InChI is InChI=1S/C19H22ClNO4/c1-4-14(18(22)23)17-16(19(24)25-5-2)11(3)15(21-17)10-12-6-8-13(20)9-7-12/h6-9,14,21H,4-5,10H2,1-3H3,(H,22,23). The molecule has 0 aliphatic rings. The number of aliphatic carboxylic acids is 1. The highest BCUT2D eigenvalue weighted by Gasteiger charge is 2.29. The highest BCUT2D eigenvalue weighted by atomic mass is 35.5. The molecule has 0 saturated carbocycles. The highest BCUT2D eigenvalue weighted by Crippen LogP contribution is 2.29. The van der Waals surface area contributed by atoms with Gasteiger partial charge in [0.05, 0.1) is 18.1 Å². The summed E-state index contributed by atoms with van der Waals surface area (Å²) in [5, 5.41) is 10.1. The zero-order valence-electron chi connectivity index (χ0n) is 14.6. The summed E-state index contributed by atoms with van der Waals surface area (Å²) >= 11 is 5.91. The SMILES string of the molecule is CCOC(=O)c1c(C(CC)C(=O)O)[nH]c(Cc2ccc(Cl)cc2)c1C. The highest BCUT2D eigenvalue weighted by molar-refractivity contribution is 6.30. The molecule has 2 aromatic rings. The number of rotatable bonds is 7. The van der Waals surface area contributed by atoms with E-state index >= 15 is 0 Å². The van der Waals surface area contributed by atoms with Crippen LogP contribution in [0.4, 0.5) is 0 Å². The third kappa shape index (κ3) is 4.23. The lowest BCUT2D eigenvalue weighted by Gasteiger charge is -2.11. The van der Waals surface area contributed by atoms with Gasteiger partial charge < -0.3 is 14.8 Å². The largest absolute Gasteiger partial charge is 0.481 e. The summed E-state index contributed by atoms with van der Waals surface area (Å²) in [5.74, 6) is -2.24. The average Bonchev–Trinajstić information content (AvgIpc) is 2.87. The minimum absolute atomic E-state index is 0.235. The van der Waals surface area contributed by atoms with E-state index in [1.165, 1.54) is 0 Å². The number of esters is 1. The molecule has 0 fully saturated rings. The van der Waals surface area contributed by atoms with Crippen molar-refractivity contribution >= 4 is 23.5 Å². The van der Waals surface area contributed by atoms with Crippen LogP contribution in [0.2, 0.25) is 5.02 Å². The molecule has 0 saturated heterocycles. The van der Waals surface area contributed by atoms with E-state index in [2.05, 4.69) is 4.98 Å². The maximum Gasteiger partial charge on any atom is 0.340 e. The first-order valence-electron chi connectivity index (χ1n) is 8.24. The van der Waals surface area contributed by atoms with Crippen molar-refractivity contribution in [1.82, 2.24) is 4.98 Å². The summed E-state index contributed by atoms with van der Waals surface area (Å²) in [6.45, 7) is 5.55. The molecule has 2 N–H and O–H groups in total. The number of carboxylic acid groups (broad SMARTS) is 1. The topological polar surface area (TPSA) is 79.4 Å². The number of carbonyl (C=O) groups excluding carboxylic acids is 1. The molecule has 0 aliphatic heterocycles. The van der Waals surface area contributed by atoms with Crippen LogP contribution in [0.3, 0.4) is 0 Å². The van der Waals surface area contributed by atoms with Crippen LogP contribution in [0.25, 0.3) is 0 Å². The fraction of sp³-hybridized carbons (Fsp3) is 0.368. The van der Waals surface area contributed by atoms with Gasteiger partial charge in [-0.2, -0.15) is 0 Å². The number of aromatic nitrogens is 1. The number of hydrogen-bond acceptors (Lipinski definition) is 3. The van der Waals surface area contributed by atoms with Crippen molar-refractivity contribution in [2.45, 2.75) is 39.5 Å². The second kappa shape index (κ2) is 8.21. The van der Waals surface area contributed by atoms with Crippen LogP contribution < -0.4 is 0 Å². The number of benzene rings is 1. The van der Waals surface area contributed by atoms with Crippen molar-refractivity contribution in [3.05, 3.63) is 57.4 Å². The predicted molar refractivity (Wildman–Crippen MR) is 96.4 cm³/mol. The minimum Gasteiger partial charge on any atom is -0.481 e. The number of carbonyl (C=O) groups is 2. The minimum atomic E-state index is -0.965. The lowest BCUT2D eigenvalue weighted by molar-refractivity contribution is -0.138. The quantitative estimate of drug-likeness (QED) is 0.718. The van der Waals surface area contributed by atoms with E-state index in [4.69, 9.17) is 16.3 Å². The van der Waals surface area contributed by atoms with Gasteiger partial charge in [-0.1, -0.05) is 30.7 Å². The molecular weight excluding hydrogens is 342 g/mol. The van der Waals surface area contributed by atoms with Gasteiger partial charge in [0.1, 0.15) is 0 Å². The molecule has 0 aliphatic carbocycles. The van der Waals surface area contributed by atoms with Crippen LogP contribution in [0.15, 0.2) is 24.3 Å². The molecule has 25 heavy (non-hydrogen) atoms.